The summed E-state index contributed by atoms with van der Waals surface area (Å²) < 4.78 is 46.2. The molecule has 0 aliphatic carbocycles. The number of aryl methyl sites for hydroxylation is 2. The average molecular weight is 398 g/mol. The summed E-state index contributed by atoms with van der Waals surface area (Å²) in [5.74, 6) is -0.792. The highest BCUT2D eigenvalue weighted by Crippen LogP contribution is 2.27. The molecular weight excluding hydrogens is 379 g/mol. The Morgan fingerprint density at radius 2 is 2.08 bits per heavy atom. The van der Waals surface area contributed by atoms with Crippen LogP contribution < -0.4 is 10.0 Å². The van der Waals surface area contributed by atoms with E-state index in [-0.39, 0.29) is 21.6 Å². The lowest BCUT2D eigenvalue weighted by Gasteiger charge is -2.10. The highest BCUT2D eigenvalue weighted by Gasteiger charge is 2.27. The molecule has 9 heteroatoms. The summed E-state index contributed by atoms with van der Waals surface area (Å²) in [7, 11) is -3.72. The van der Waals surface area contributed by atoms with E-state index in [0.717, 1.165) is 11.3 Å². The van der Waals surface area contributed by atoms with Crippen molar-refractivity contribution in [3.8, 4) is 0 Å². The van der Waals surface area contributed by atoms with Gasteiger partial charge in [-0.2, -0.15) is 0 Å². The van der Waals surface area contributed by atoms with Crippen molar-refractivity contribution in [2.24, 2.45) is 0 Å². The van der Waals surface area contributed by atoms with E-state index in [1.807, 2.05) is 0 Å². The van der Waals surface area contributed by atoms with E-state index in [4.69, 9.17) is 4.74 Å². The number of sulfonamides is 1. The number of nitrogens with one attached hydrogen (secondary N) is 2. The number of thiophene rings is 1. The van der Waals surface area contributed by atoms with Crippen LogP contribution in [-0.2, 0) is 14.8 Å². The normalized spacial score (nSPS) is 17.4. The van der Waals surface area contributed by atoms with Crippen molar-refractivity contribution < 1.29 is 22.3 Å². The zero-order valence-corrected chi connectivity index (χ0v) is 16.0. The molecule has 1 aliphatic heterocycles. The number of carbonyl (C=O) groups excluding carboxylic acids is 1. The van der Waals surface area contributed by atoms with E-state index in [1.54, 1.807) is 13.8 Å². The quantitative estimate of drug-likeness (QED) is 0.811. The summed E-state index contributed by atoms with van der Waals surface area (Å²) in [4.78, 5) is 13.3. The van der Waals surface area contributed by atoms with Gasteiger partial charge in [0.05, 0.1) is 16.4 Å². The number of ether oxygens (including phenoxy) is 1. The Kier molecular flexibility index (Phi) is 5.42. The van der Waals surface area contributed by atoms with Gasteiger partial charge in [-0.25, -0.2) is 17.5 Å². The van der Waals surface area contributed by atoms with Gasteiger partial charge in [-0.05, 0) is 50.1 Å². The van der Waals surface area contributed by atoms with E-state index in [0.29, 0.717) is 35.8 Å². The summed E-state index contributed by atoms with van der Waals surface area (Å²) in [6, 6.07) is 5.36. The molecule has 1 aliphatic rings. The SMILES string of the molecule is Cc1cc(NC(=O)c2cc(S(=O)(=O)N[C@H]3CCOC3)c(C)s2)ccc1F. The highest BCUT2D eigenvalue weighted by atomic mass is 32.2. The van der Waals surface area contributed by atoms with Crippen LogP contribution >= 0.6 is 11.3 Å². The maximum absolute atomic E-state index is 13.3. The first-order valence-electron chi connectivity index (χ1n) is 8.04. The van der Waals surface area contributed by atoms with Gasteiger partial charge < -0.3 is 10.1 Å². The van der Waals surface area contributed by atoms with Gasteiger partial charge in [0.25, 0.3) is 5.91 Å². The summed E-state index contributed by atoms with van der Waals surface area (Å²) in [6.45, 7) is 4.13. The molecule has 1 aromatic carbocycles. The largest absolute Gasteiger partial charge is 0.380 e. The summed E-state index contributed by atoms with van der Waals surface area (Å²) in [6.07, 6.45) is 0.625. The van der Waals surface area contributed by atoms with Gasteiger partial charge in [0.2, 0.25) is 10.0 Å². The van der Waals surface area contributed by atoms with Crippen molar-refractivity contribution in [3.63, 3.8) is 0 Å². The van der Waals surface area contributed by atoms with Gasteiger partial charge in [0, 0.05) is 23.2 Å². The minimum absolute atomic E-state index is 0.0924. The molecule has 26 heavy (non-hydrogen) atoms. The highest BCUT2D eigenvalue weighted by molar-refractivity contribution is 7.89. The Morgan fingerprint density at radius 3 is 2.73 bits per heavy atom. The minimum atomic E-state index is -3.72. The van der Waals surface area contributed by atoms with E-state index in [1.165, 1.54) is 24.3 Å². The zero-order valence-electron chi connectivity index (χ0n) is 14.3. The summed E-state index contributed by atoms with van der Waals surface area (Å²) in [5.41, 5.74) is 0.863. The lowest BCUT2D eigenvalue weighted by Crippen LogP contribution is -2.35. The van der Waals surface area contributed by atoms with E-state index < -0.39 is 15.9 Å². The van der Waals surface area contributed by atoms with Crippen LogP contribution in [-0.4, -0.2) is 33.6 Å². The molecule has 1 saturated heterocycles. The van der Waals surface area contributed by atoms with Gasteiger partial charge in [0.15, 0.2) is 0 Å². The zero-order chi connectivity index (χ0) is 18.9. The van der Waals surface area contributed by atoms with Gasteiger partial charge in [-0.1, -0.05) is 0 Å². The molecule has 0 radical (unpaired) electrons. The lowest BCUT2D eigenvalue weighted by atomic mass is 10.2. The predicted octanol–water partition coefficient (Wildman–Crippen LogP) is 2.82. The molecule has 1 fully saturated rings. The second-order valence-corrected chi connectivity index (χ2v) is 9.07. The standard InChI is InChI=1S/C17H19FN2O4S2/c1-10-7-12(3-4-14(10)18)19-17(21)15-8-16(11(2)25-15)26(22,23)20-13-5-6-24-9-13/h3-4,7-8,13,20H,5-6,9H2,1-2H3,(H,19,21)/t13-/m0/s1. The average Bonchev–Trinajstić information content (AvgIpc) is 3.20. The van der Waals surface area contributed by atoms with Gasteiger partial charge >= 0.3 is 0 Å². The second-order valence-electron chi connectivity index (χ2n) is 6.13. The predicted molar refractivity (Wildman–Crippen MR) is 97.7 cm³/mol. The summed E-state index contributed by atoms with van der Waals surface area (Å²) >= 11 is 1.10. The number of benzene rings is 1. The Morgan fingerprint density at radius 1 is 1.31 bits per heavy atom. The van der Waals surface area contributed by atoms with Crippen molar-refractivity contribution in [2.45, 2.75) is 31.2 Å². The first kappa shape index (κ1) is 19.0. The third kappa shape index (κ3) is 4.12. The second kappa shape index (κ2) is 7.43. The van der Waals surface area contributed by atoms with Gasteiger partial charge in [-0.15, -0.1) is 11.3 Å². The molecule has 6 nitrogen and oxygen atoms in total. The van der Waals surface area contributed by atoms with Crippen molar-refractivity contribution in [1.29, 1.82) is 0 Å². The number of carbonyl (C=O) groups is 1. The molecule has 1 atom stereocenters. The van der Waals surface area contributed by atoms with Crippen LogP contribution in [0.5, 0.6) is 0 Å². The minimum Gasteiger partial charge on any atom is -0.380 e. The van der Waals surface area contributed by atoms with Crippen molar-refractivity contribution in [3.05, 3.63) is 45.4 Å². The molecule has 2 aromatic rings. The maximum Gasteiger partial charge on any atom is 0.265 e. The Balaban J connectivity index is 1.78. The van der Waals surface area contributed by atoms with Crippen molar-refractivity contribution in [2.75, 3.05) is 18.5 Å². The number of halogens is 1. The van der Waals surface area contributed by atoms with Gasteiger partial charge in [-0.3, -0.25) is 4.79 Å². The fourth-order valence-corrected chi connectivity index (χ4v) is 5.41. The molecular formula is C17H19FN2O4S2. The van der Waals surface area contributed by atoms with Crippen LogP contribution in [0.1, 0.15) is 26.5 Å². The molecule has 2 N–H and O–H groups in total. The van der Waals surface area contributed by atoms with Crippen molar-refractivity contribution >= 4 is 33.0 Å². The first-order valence-corrected chi connectivity index (χ1v) is 10.3. The molecule has 0 bridgehead atoms. The van der Waals surface area contributed by atoms with E-state index >= 15 is 0 Å². The fraction of sp³-hybridized carbons (Fsp3) is 0.353. The van der Waals surface area contributed by atoms with Gasteiger partial charge in [0.1, 0.15) is 5.82 Å². The van der Waals surface area contributed by atoms with Crippen molar-refractivity contribution in [1.82, 2.24) is 4.72 Å². The Bertz CT molecular complexity index is 934. The van der Waals surface area contributed by atoms with Crippen LogP contribution in [0.15, 0.2) is 29.2 Å². The topological polar surface area (TPSA) is 84.5 Å². The monoisotopic (exact) mass is 398 g/mol. The number of amides is 1. The smallest absolute Gasteiger partial charge is 0.265 e. The third-order valence-corrected chi connectivity index (χ3v) is 6.88. The molecule has 2 heterocycles. The Labute approximate surface area is 155 Å². The third-order valence-electron chi connectivity index (χ3n) is 4.05. The molecule has 0 spiro atoms. The van der Waals surface area contributed by atoms with Crippen LogP contribution in [0.2, 0.25) is 0 Å². The molecule has 1 amide bonds. The number of anilines is 1. The molecule has 140 valence electrons. The maximum atomic E-state index is 13.3. The fourth-order valence-electron chi connectivity index (χ4n) is 2.67. The number of rotatable bonds is 5. The number of hydrogen-bond acceptors (Lipinski definition) is 5. The first-order chi connectivity index (χ1) is 12.3. The van der Waals surface area contributed by atoms with Crippen LogP contribution in [0.25, 0.3) is 0 Å². The molecule has 0 saturated carbocycles. The van der Waals surface area contributed by atoms with E-state index in [9.17, 15) is 17.6 Å². The van der Waals surface area contributed by atoms with Crippen LogP contribution in [0.4, 0.5) is 10.1 Å². The lowest BCUT2D eigenvalue weighted by molar-refractivity contribution is 0.103. The molecule has 1 aromatic heterocycles. The summed E-state index contributed by atoms with van der Waals surface area (Å²) in [5, 5.41) is 2.66. The molecule has 0 unspecified atom stereocenters. The Hall–Kier alpha value is -1.81. The van der Waals surface area contributed by atoms with Crippen LogP contribution in [0, 0.1) is 19.7 Å². The van der Waals surface area contributed by atoms with Crippen LogP contribution in [0.3, 0.4) is 0 Å². The van der Waals surface area contributed by atoms with E-state index in [2.05, 4.69) is 10.0 Å². The molecule has 3 rings (SSSR count). The number of hydrogen-bond donors (Lipinski definition) is 2.